The van der Waals surface area contributed by atoms with E-state index >= 15 is 0 Å². The SMILES string of the molecule is CCC1COC(=O)N1C1CCN(C(=O)COc2cccc3ccccc23)CC1. The van der Waals surface area contributed by atoms with Crippen molar-refractivity contribution < 1.29 is 19.1 Å². The van der Waals surface area contributed by atoms with Gasteiger partial charge in [0.25, 0.3) is 5.91 Å². The minimum absolute atomic E-state index is 0.0116. The van der Waals surface area contributed by atoms with E-state index in [0.29, 0.717) is 19.7 Å². The number of carbonyl (C=O) groups is 2. The molecule has 6 nitrogen and oxygen atoms in total. The van der Waals surface area contributed by atoms with Crippen LogP contribution in [-0.4, -0.2) is 60.2 Å². The summed E-state index contributed by atoms with van der Waals surface area (Å²) in [6.45, 7) is 3.86. The van der Waals surface area contributed by atoms with Gasteiger partial charge in [-0.3, -0.25) is 9.69 Å². The molecular weight excluding hydrogens is 356 g/mol. The van der Waals surface area contributed by atoms with E-state index in [1.807, 2.05) is 52.3 Å². The zero-order chi connectivity index (χ0) is 19.5. The first-order chi connectivity index (χ1) is 13.7. The second-order valence-electron chi connectivity index (χ2n) is 7.42. The zero-order valence-electron chi connectivity index (χ0n) is 16.2. The maximum atomic E-state index is 12.6. The number of hydrogen-bond donors (Lipinski definition) is 0. The van der Waals surface area contributed by atoms with Gasteiger partial charge in [-0.15, -0.1) is 0 Å². The number of fused-ring (bicyclic) bond motifs is 1. The van der Waals surface area contributed by atoms with Crippen molar-refractivity contribution in [1.29, 1.82) is 0 Å². The van der Waals surface area contributed by atoms with E-state index in [4.69, 9.17) is 9.47 Å². The normalized spacial score (nSPS) is 20.5. The Bertz CT molecular complexity index is 855. The minimum atomic E-state index is -0.212. The van der Waals surface area contributed by atoms with Gasteiger partial charge in [0.05, 0.1) is 6.04 Å². The van der Waals surface area contributed by atoms with Crippen LogP contribution in [0, 0.1) is 0 Å². The molecule has 0 bridgehead atoms. The predicted molar refractivity (Wildman–Crippen MR) is 106 cm³/mol. The van der Waals surface area contributed by atoms with Gasteiger partial charge >= 0.3 is 6.09 Å². The highest BCUT2D eigenvalue weighted by atomic mass is 16.6. The smallest absolute Gasteiger partial charge is 0.410 e. The summed E-state index contributed by atoms with van der Waals surface area (Å²) in [6.07, 6.45) is 2.25. The van der Waals surface area contributed by atoms with Crippen LogP contribution in [0.2, 0.25) is 0 Å². The van der Waals surface area contributed by atoms with Crippen LogP contribution in [0.3, 0.4) is 0 Å². The molecule has 0 spiro atoms. The predicted octanol–water partition coefficient (Wildman–Crippen LogP) is 3.44. The molecule has 2 aromatic rings. The summed E-state index contributed by atoms with van der Waals surface area (Å²) in [5.41, 5.74) is 0. The van der Waals surface area contributed by atoms with Gasteiger partial charge in [0.2, 0.25) is 0 Å². The molecule has 1 atom stereocenters. The Morgan fingerprint density at radius 1 is 1.14 bits per heavy atom. The lowest BCUT2D eigenvalue weighted by atomic mass is 10.0. The summed E-state index contributed by atoms with van der Waals surface area (Å²) >= 11 is 0. The van der Waals surface area contributed by atoms with Gasteiger partial charge in [0.1, 0.15) is 12.4 Å². The number of hydrogen-bond acceptors (Lipinski definition) is 4. The maximum Gasteiger partial charge on any atom is 0.410 e. The Hall–Kier alpha value is -2.76. The average Bonchev–Trinajstić information content (AvgIpc) is 3.12. The number of nitrogens with zero attached hydrogens (tertiary/aromatic N) is 2. The van der Waals surface area contributed by atoms with Crippen molar-refractivity contribution in [2.75, 3.05) is 26.3 Å². The van der Waals surface area contributed by atoms with E-state index in [2.05, 4.69) is 6.92 Å². The first kappa shape index (κ1) is 18.6. The van der Waals surface area contributed by atoms with Crippen molar-refractivity contribution in [2.24, 2.45) is 0 Å². The first-order valence-electron chi connectivity index (χ1n) is 10.0. The summed E-state index contributed by atoms with van der Waals surface area (Å²) < 4.78 is 11.0. The zero-order valence-corrected chi connectivity index (χ0v) is 16.2. The average molecular weight is 382 g/mol. The molecule has 2 aliphatic heterocycles. The van der Waals surface area contributed by atoms with E-state index < -0.39 is 0 Å². The Morgan fingerprint density at radius 2 is 1.89 bits per heavy atom. The molecule has 2 heterocycles. The molecule has 28 heavy (non-hydrogen) atoms. The van der Waals surface area contributed by atoms with Crippen LogP contribution in [0.5, 0.6) is 5.75 Å². The summed E-state index contributed by atoms with van der Waals surface area (Å²) in [7, 11) is 0. The molecule has 0 saturated carbocycles. The van der Waals surface area contributed by atoms with E-state index in [-0.39, 0.29) is 30.7 Å². The lowest BCUT2D eigenvalue weighted by Crippen LogP contribution is -2.50. The van der Waals surface area contributed by atoms with Crippen LogP contribution in [0.15, 0.2) is 42.5 Å². The van der Waals surface area contributed by atoms with Gasteiger partial charge < -0.3 is 14.4 Å². The van der Waals surface area contributed by atoms with E-state index in [9.17, 15) is 9.59 Å². The highest BCUT2D eigenvalue weighted by molar-refractivity contribution is 5.88. The first-order valence-corrected chi connectivity index (χ1v) is 10.0. The monoisotopic (exact) mass is 382 g/mol. The fourth-order valence-corrected chi connectivity index (χ4v) is 4.18. The molecule has 0 aromatic heterocycles. The van der Waals surface area contributed by atoms with Crippen LogP contribution < -0.4 is 4.74 Å². The summed E-state index contributed by atoms with van der Waals surface area (Å²) in [4.78, 5) is 28.4. The van der Waals surface area contributed by atoms with Gasteiger partial charge in [0.15, 0.2) is 6.61 Å². The van der Waals surface area contributed by atoms with Crippen molar-refractivity contribution in [3.63, 3.8) is 0 Å². The second-order valence-corrected chi connectivity index (χ2v) is 7.42. The second kappa shape index (κ2) is 8.09. The number of ether oxygens (including phenoxy) is 2. The van der Waals surface area contributed by atoms with Crippen molar-refractivity contribution in [3.8, 4) is 5.75 Å². The van der Waals surface area contributed by atoms with Gasteiger partial charge in [-0.25, -0.2) is 4.79 Å². The third kappa shape index (κ3) is 3.63. The van der Waals surface area contributed by atoms with Gasteiger partial charge in [-0.2, -0.15) is 0 Å². The molecule has 6 heteroatoms. The number of benzene rings is 2. The number of piperidine rings is 1. The molecule has 2 fully saturated rings. The van der Waals surface area contributed by atoms with Crippen molar-refractivity contribution >= 4 is 22.8 Å². The molecule has 2 aromatic carbocycles. The topological polar surface area (TPSA) is 59.1 Å². The Balaban J connectivity index is 1.32. The number of cyclic esters (lactones) is 1. The molecule has 0 aliphatic carbocycles. The van der Waals surface area contributed by atoms with Crippen LogP contribution in [0.1, 0.15) is 26.2 Å². The van der Waals surface area contributed by atoms with Gasteiger partial charge in [-0.05, 0) is 30.7 Å². The summed E-state index contributed by atoms with van der Waals surface area (Å²) in [6, 6.07) is 14.2. The molecule has 1 unspecified atom stereocenters. The summed E-state index contributed by atoms with van der Waals surface area (Å²) in [5, 5.41) is 2.10. The van der Waals surface area contributed by atoms with E-state index in [0.717, 1.165) is 35.8 Å². The highest BCUT2D eigenvalue weighted by Crippen LogP contribution is 2.27. The lowest BCUT2D eigenvalue weighted by molar-refractivity contribution is -0.134. The van der Waals surface area contributed by atoms with E-state index in [1.54, 1.807) is 0 Å². The Labute approximate surface area is 165 Å². The molecule has 0 N–H and O–H groups in total. The number of likely N-dealkylation sites (tertiary alicyclic amines) is 1. The van der Waals surface area contributed by atoms with Crippen molar-refractivity contribution in [2.45, 2.75) is 38.3 Å². The molecule has 2 saturated heterocycles. The fraction of sp³-hybridized carbons (Fsp3) is 0.455. The number of rotatable bonds is 5. The lowest BCUT2D eigenvalue weighted by Gasteiger charge is -2.37. The highest BCUT2D eigenvalue weighted by Gasteiger charge is 2.38. The van der Waals surface area contributed by atoms with E-state index in [1.165, 1.54) is 0 Å². The summed E-state index contributed by atoms with van der Waals surface area (Å²) in [5.74, 6) is 0.717. The van der Waals surface area contributed by atoms with Gasteiger partial charge in [0, 0.05) is 24.5 Å². The minimum Gasteiger partial charge on any atom is -0.483 e. The Kier molecular flexibility index (Phi) is 5.37. The van der Waals surface area contributed by atoms with Crippen molar-refractivity contribution in [1.82, 2.24) is 9.80 Å². The molecule has 4 rings (SSSR count). The molecule has 148 valence electrons. The number of carbonyl (C=O) groups excluding carboxylic acids is 2. The van der Waals surface area contributed by atoms with Crippen molar-refractivity contribution in [3.05, 3.63) is 42.5 Å². The third-order valence-electron chi connectivity index (χ3n) is 5.79. The maximum absolute atomic E-state index is 12.6. The van der Waals surface area contributed by atoms with Crippen LogP contribution in [0.4, 0.5) is 4.79 Å². The van der Waals surface area contributed by atoms with Crippen LogP contribution in [-0.2, 0) is 9.53 Å². The van der Waals surface area contributed by atoms with Crippen LogP contribution >= 0.6 is 0 Å². The Morgan fingerprint density at radius 3 is 2.68 bits per heavy atom. The molecule has 0 radical (unpaired) electrons. The quantitative estimate of drug-likeness (QED) is 0.795. The van der Waals surface area contributed by atoms with Gasteiger partial charge in [-0.1, -0.05) is 43.3 Å². The fourth-order valence-electron chi connectivity index (χ4n) is 4.18. The standard InChI is InChI=1S/C22H26N2O4/c1-2-17-14-28-22(26)24(17)18-10-12-23(13-11-18)21(25)15-27-20-9-5-7-16-6-3-4-8-19(16)20/h3-9,17-18H,2,10-15H2,1H3. The molecule has 2 aliphatic rings. The molecular formula is C22H26N2O4. The molecule has 2 amide bonds. The third-order valence-corrected chi connectivity index (χ3v) is 5.79. The van der Waals surface area contributed by atoms with Crippen LogP contribution in [0.25, 0.3) is 10.8 Å². The number of amides is 2. The largest absolute Gasteiger partial charge is 0.483 e.